The Hall–Kier alpha value is -1.15. The summed E-state index contributed by atoms with van der Waals surface area (Å²) in [6, 6.07) is 8.42. The zero-order valence-electron chi connectivity index (χ0n) is 10.8. The maximum absolute atomic E-state index is 12.1. The maximum atomic E-state index is 12.1. The van der Waals surface area contributed by atoms with Crippen molar-refractivity contribution >= 4 is 5.78 Å². The lowest BCUT2D eigenvalue weighted by Crippen LogP contribution is -2.46. The van der Waals surface area contributed by atoms with Gasteiger partial charge in [-0.05, 0) is 24.3 Å². The second-order valence-electron chi connectivity index (χ2n) is 5.68. The van der Waals surface area contributed by atoms with Gasteiger partial charge in [0.2, 0.25) is 0 Å². The number of benzene rings is 1. The molecule has 1 aromatic carbocycles. The number of nitrogens with one attached hydrogen (secondary N) is 1. The molecule has 1 N–H and O–H groups in total. The normalized spacial score (nSPS) is 21.6. The van der Waals surface area contributed by atoms with Crippen LogP contribution in [0.2, 0.25) is 0 Å². The van der Waals surface area contributed by atoms with Gasteiger partial charge < -0.3 is 5.32 Å². The number of rotatable bonds is 3. The number of carbonyl (C=O) groups excluding carboxylic acids is 1. The van der Waals surface area contributed by atoms with E-state index in [4.69, 9.17) is 0 Å². The van der Waals surface area contributed by atoms with Crippen LogP contribution in [0.5, 0.6) is 0 Å². The molecule has 0 spiro atoms. The van der Waals surface area contributed by atoms with E-state index in [1.807, 2.05) is 12.1 Å². The second kappa shape index (κ2) is 5.23. The molecule has 18 heavy (non-hydrogen) atoms. The van der Waals surface area contributed by atoms with Crippen molar-refractivity contribution in [2.45, 2.75) is 38.0 Å². The van der Waals surface area contributed by atoms with Crippen LogP contribution in [0.15, 0.2) is 24.3 Å². The summed E-state index contributed by atoms with van der Waals surface area (Å²) in [5, 5.41) is 3.15. The van der Waals surface area contributed by atoms with Crippen molar-refractivity contribution in [2.24, 2.45) is 5.92 Å². The number of hydrogen-bond donors (Lipinski definition) is 1. The average molecular weight is 243 g/mol. The molecule has 3 rings (SSSR count). The third-order valence-electron chi connectivity index (χ3n) is 4.42. The topological polar surface area (TPSA) is 29.1 Å². The SMILES string of the molecule is O=C(c1ccc(C2CCCCC2)cc1)C1CNC1. The molecule has 0 unspecified atom stereocenters. The van der Waals surface area contributed by atoms with E-state index in [1.165, 1.54) is 37.7 Å². The summed E-state index contributed by atoms with van der Waals surface area (Å²) in [4.78, 5) is 12.1. The first-order chi connectivity index (χ1) is 8.84. The first kappa shape index (κ1) is 11.9. The fraction of sp³-hybridized carbons (Fsp3) is 0.562. The minimum Gasteiger partial charge on any atom is -0.315 e. The van der Waals surface area contributed by atoms with E-state index < -0.39 is 0 Å². The van der Waals surface area contributed by atoms with Gasteiger partial charge in [0.1, 0.15) is 0 Å². The van der Waals surface area contributed by atoms with Crippen LogP contribution < -0.4 is 5.32 Å². The molecule has 0 amide bonds. The van der Waals surface area contributed by atoms with Crippen molar-refractivity contribution in [3.63, 3.8) is 0 Å². The van der Waals surface area contributed by atoms with E-state index >= 15 is 0 Å². The van der Waals surface area contributed by atoms with Gasteiger partial charge in [0.15, 0.2) is 5.78 Å². The predicted octanol–water partition coefficient (Wildman–Crippen LogP) is 3.14. The molecule has 0 atom stereocenters. The molecule has 1 saturated carbocycles. The molecule has 1 heterocycles. The highest BCUT2D eigenvalue weighted by atomic mass is 16.1. The minimum absolute atomic E-state index is 0.213. The van der Waals surface area contributed by atoms with Crippen LogP contribution in [-0.2, 0) is 0 Å². The summed E-state index contributed by atoms with van der Waals surface area (Å²) >= 11 is 0. The average Bonchev–Trinajstić information content (AvgIpc) is 2.38. The molecule has 1 saturated heterocycles. The van der Waals surface area contributed by atoms with E-state index in [9.17, 15) is 4.79 Å². The molecule has 2 fully saturated rings. The van der Waals surface area contributed by atoms with Crippen molar-refractivity contribution in [3.05, 3.63) is 35.4 Å². The monoisotopic (exact) mass is 243 g/mol. The molecule has 0 radical (unpaired) electrons. The van der Waals surface area contributed by atoms with Gasteiger partial charge in [-0.25, -0.2) is 0 Å². The zero-order chi connectivity index (χ0) is 12.4. The summed E-state index contributed by atoms with van der Waals surface area (Å²) in [6.45, 7) is 1.70. The molecule has 1 aliphatic heterocycles. The largest absolute Gasteiger partial charge is 0.315 e. The summed E-state index contributed by atoms with van der Waals surface area (Å²) in [6.07, 6.45) is 6.75. The van der Waals surface area contributed by atoms with Crippen LogP contribution in [0.4, 0.5) is 0 Å². The minimum atomic E-state index is 0.213. The Balaban J connectivity index is 1.69. The third-order valence-corrected chi connectivity index (χ3v) is 4.42. The van der Waals surface area contributed by atoms with Crippen molar-refractivity contribution in [1.82, 2.24) is 5.32 Å². The predicted molar refractivity (Wildman–Crippen MR) is 73.0 cm³/mol. The van der Waals surface area contributed by atoms with Crippen molar-refractivity contribution < 1.29 is 4.79 Å². The highest BCUT2D eigenvalue weighted by molar-refractivity contribution is 5.98. The summed E-state index contributed by atoms with van der Waals surface area (Å²) in [5.41, 5.74) is 2.32. The smallest absolute Gasteiger partial charge is 0.168 e. The Morgan fingerprint density at radius 2 is 1.67 bits per heavy atom. The Morgan fingerprint density at radius 3 is 2.22 bits per heavy atom. The van der Waals surface area contributed by atoms with Gasteiger partial charge in [-0.3, -0.25) is 4.79 Å². The first-order valence-electron chi connectivity index (χ1n) is 7.19. The van der Waals surface area contributed by atoms with Gasteiger partial charge >= 0.3 is 0 Å². The number of ketones is 1. The third kappa shape index (κ3) is 2.35. The number of Topliss-reactive ketones (excluding diaryl/α,β-unsaturated/α-hetero) is 1. The lowest BCUT2D eigenvalue weighted by atomic mass is 9.83. The van der Waals surface area contributed by atoms with Gasteiger partial charge in [0.25, 0.3) is 0 Å². The molecular formula is C16H21NO. The highest BCUT2D eigenvalue weighted by Crippen LogP contribution is 2.32. The van der Waals surface area contributed by atoms with E-state index in [1.54, 1.807) is 0 Å². The fourth-order valence-electron chi connectivity index (χ4n) is 3.07. The Morgan fingerprint density at radius 1 is 1.00 bits per heavy atom. The van der Waals surface area contributed by atoms with E-state index in [0.717, 1.165) is 24.6 Å². The van der Waals surface area contributed by atoms with Gasteiger partial charge in [-0.1, -0.05) is 43.5 Å². The molecule has 0 aromatic heterocycles. The highest BCUT2D eigenvalue weighted by Gasteiger charge is 2.25. The lowest BCUT2D eigenvalue weighted by Gasteiger charge is -2.26. The van der Waals surface area contributed by atoms with E-state index in [0.29, 0.717) is 5.78 Å². The van der Waals surface area contributed by atoms with Gasteiger partial charge in [-0.2, -0.15) is 0 Å². The Kier molecular flexibility index (Phi) is 3.46. The molecule has 96 valence electrons. The van der Waals surface area contributed by atoms with Crippen molar-refractivity contribution in [3.8, 4) is 0 Å². The van der Waals surface area contributed by atoms with Crippen molar-refractivity contribution in [2.75, 3.05) is 13.1 Å². The molecule has 1 aliphatic carbocycles. The van der Waals surface area contributed by atoms with Gasteiger partial charge in [0.05, 0.1) is 0 Å². The van der Waals surface area contributed by atoms with Crippen LogP contribution in [-0.4, -0.2) is 18.9 Å². The molecule has 2 nitrogen and oxygen atoms in total. The van der Waals surface area contributed by atoms with Crippen LogP contribution in [0.25, 0.3) is 0 Å². The van der Waals surface area contributed by atoms with E-state index in [2.05, 4.69) is 17.4 Å². The van der Waals surface area contributed by atoms with Crippen LogP contribution in [0.3, 0.4) is 0 Å². The molecule has 2 heteroatoms. The summed E-state index contributed by atoms with van der Waals surface area (Å²) < 4.78 is 0. The Bertz CT molecular complexity index is 413. The van der Waals surface area contributed by atoms with E-state index in [-0.39, 0.29) is 5.92 Å². The first-order valence-corrected chi connectivity index (χ1v) is 7.19. The van der Waals surface area contributed by atoms with Gasteiger partial charge in [-0.15, -0.1) is 0 Å². The Labute approximate surface area is 109 Å². The molecular weight excluding hydrogens is 222 g/mol. The quantitative estimate of drug-likeness (QED) is 0.826. The molecule has 2 aliphatic rings. The van der Waals surface area contributed by atoms with Gasteiger partial charge in [0, 0.05) is 24.6 Å². The number of carbonyl (C=O) groups is 1. The summed E-state index contributed by atoms with van der Waals surface area (Å²) in [5.74, 6) is 1.25. The van der Waals surface area contributed by atoms with Crippen LogP contribution in [0, 0.1) is 5.92 Å². The summed E-state index contributed by atoms with van der Waals surface area (Å²) in [7, 11) is 0. The lowest BCUT2D eigenvalue weighted by molar-refractivity contribution is 0.0878. The molecule has 0 bridgehead atoms. The fourth-order valence-corrected chi connectivity index (χ4v) is 3.07. The van der Waals surface area contributed by atoms with Crippen LogP contribution >= 0.6 is 0 Å². The zero-order valence-corrected chi connectivity index (χ0v) is 10.8. The van der Waals surface area contributed by atoms with Crippen molar-refractivity contribution in [1.29, 1.82) is 0 Å². The maximum Gasteiger partial charge on any atom is 0.168 e. The molecule has 1 aromatic rings. The second-order valence-corrected chi connectivity index (χ2v) is 5.68. The standard InChI is InChI=1S/C16H21NO/c18-16(15-10-17-11-15)14-8-6-13(7-9-14)12-4-2-1-3-5-12/h6-9,12,15,17H,1-5,10-11H2. The van der Waals surface area contributed by atoms with Crippen LogP contribution in [0.1, 0.15) is 53.9 Å². The number of hydrogen-bond acceptors (Lipinski definition) is 2.